The van der Waals surface area contributed by atoms with Gasteiger partial charge in [0, 0.05) is 11.8 Å². The first-order chi connectivity index (χ1) is 9.95. The Labute approximate surface area is 126 Å². The normalized spacial score (nSPS) is 48.5. The Bertz CT molecular complexity index is 584. The van der Waals surface area contributed by atoms with Crippen LogP contribution in [-0.4, -0.2) is 11.6 Å². The SMILES string of the molecule is C[C@]12CCC(=O)C=C1CC[C@@H]1[C@@H]2CC[C@]2(C)C(=O)C=C[C@@H]12. The number of allylic oxidation sites excluding steroid dienone is 4. The monoisotopic (exact) mass is 284 g/mol. The zero-order chi connectivity index (χ0) is 14.8. The van der Waals surface area contributed by atoms with Crippen molar-refractivity contribution in [2.75, 3.05) is 0 Å². The highest BCUT2D eigenvalue weighted by Gasteiger charge is 2.57. The van der Waals surface area contributed by atoms with Crippen molar-refractivity contribution in [3.8, 4) is 0 Å². The van der Waals surface area contributed by atoms with Crippen molar-refractivity contribution in [1.29, 1.82) is 0 Å². The van der Waals surface area contributed by atoms with Crippen molar-refractivity contribution >= 4 is 11.6 Å². The fourth-order valence-corrected chi connectivity index (χ4v) is 5.83. The quantitative estimate of drug-likeness (QED) is 0.677. The Kier molecular flexibility index (Phi) is 2.68. The van der Waals surface area contributed by atoms with Crippen molar-refractivity contribution in [3.05, 3.63) is 23.8 Å². The van der Waals surface area contributed by atoms with E-state index in [1.165, 1.54) is 5.57 Å². The molecule has 0 heterocycles. The predicted octanol–water partition coefficient (Wildman–Crippen LogP) is 3.86. The van der Waals surface area contributed by atoms with Crippen LogP contribution in [0, 0.1) is 28.6 Å². The summed E-state index contributed by atoms with van der Waals surface area (Å²) in [4.78, 5) is 24.0. The summed E-state index contributed by atoms with van der Waals surface area (Å²) in [7, 11) is 0. The second-order valence-corrected chi connectivity index (χ2v) is 8.07. The lowest BCUT2D eigenvalue weighted by Crippen LogP contribution is -2.50. The standard InChI is InChI=1S/C19H24O2/c1-18-9-7-13(20)11-12(18)3-4-14-15-5-6-17(21)19(15,2)10-8-16(14)18/h5-6,11,14-16H,3-4,7-10H2,1-2H3/t14-,15-,16-,18-,19-/m0/s1. The third-order valence-corrected chi connectivity index (χ3v) is 7.23. The molecule has 0 aromatic heterocycles. The maximum Gasteiger partial charge on any atom is 0.161 e. The van der Waals surface area contributed by atoms with Crippen molar-refractivity contribution in [2.24, 2.45) is 28.6 Å². The lowest BCUT2D eigenvalue weighted by molar-refractivity contribution is -0.130. The number of ketones is 2. The number of carbonyl (C=O) groups excluding carboxylic acids is 2. The Morgan fingerprint density at radius 3 is 2.67 bits per heavy atom. The van der Waals surface area contributed by atoms with Crippen molar-refractivity contribution < 1.29 is 9.59 Å². The number of rotatable bonds is 0. The number of fused-ring (bicyclic) bond motifs is 5. The highest BCUT2D eigenvalue weighted by atomic mass is 16.1. The fourth-order valence-electron chi connectivity index (χ4n) is 5.83. The second-order valence-electron chi connectivity index (χ2n) is 8.07. The zero-order valence-corrected chi connectivity index (χ0v) is 13.0. The van der Waals surface area contributed by atoms with Crippen LogP contribution in [-0.2, 0) is 9.59 Å². The number of hydrogen-bond acceptors (Lipinski definition) is 2. The average Bonchev–Trinajstić information content (AvgIpc) is 2.76. The van der Waals surface area contributed by atoms with Gasteiger partial charge in [0.25, 0.3) is 0 Å². The van der Waals surface area contributed by atoms with E-state index in [-0.39, 0.29) is 10.8 Å². The Morgan fingerprint density at radius 2 is 1.86 bits per heavy atom. The summed E-state index contributed by atoms with van der Waals surface area (Å²) in [6, 6.07) is 0. The van der Waals surface area contributed by atoms with Gasteiger partial charge in [-0.25, -0.2) is 0 Å². The molecule has 2 saturated carbocycles. The van der Waals surface area contributed by atoms with Crippen LogP contribution in [0.25, 0.3) is 0 Å². The Hall–Kier alpha value is -1.18. The molecule has 2 heteroatoms. The van der Waals surface area contributed by atoms with E-state index in [9.17, 15) is 9.59 Å². The van der Waals surface area contributed by atoms with E-state index in [0.29, 0.717) is 35.7 Å². The third-order valence-electron chi connectivity index (χ3n) is 7.23. The molecule has 0 aromatic carbocycles. The Morgan fingerprint density at radius 1 is 1.05 bits per heavy atom. The average molecular weight is 284 g/mol. The molecule has 21 heavy (non-hydrogen) atoms. The van der Waals surface area contributed by atoms with E-state index in [2.05, 4.69) is 19.9 Å². The van der Waals surface area contributed by atoms with Gasteiger partial charge in [-0.2, -0.15) is 0 Å². The highest BCUT2D eigenvalue weighted by molar-refractivity contribution is 5.97. The molecule has 112 valence electrons. The van der Waals surface area contributed by atoms with Gasteiger partial charge >= 0.3 is 0 Å². The van der Waals surface area contributed by atoms with E-state index in [1.807, 2.05) is 12.2 Å². The van der Waals surface area contributed by atoms with Crippen LogP contribution in [0.3, 0.4) is 0 Å². The molecule has 0 spiro atoms. The smallest absolute Gasteiger partial charge is 0.161 e. The first-order valence-corrected chi connectivity index (χ1v) is 8.42. The second kappa shape index (κ2) is 4.18. The summed E-state index contributed by atoms with van der Waals surface area (Å²) >= 11 is 0. The van der Waals surface area contributed by atoms with Gasteiger partial charge in [0.05, 0.1) is 0 Å². The van der Waals surface area contributed by atoms with E-state index < -0.39 is 0 Å². The molecule has 0 aromatic rings. The molecule has 4 aliphatic carbocycles. The van der Waals surface area contributed by atoms with Crippen LogP contribution in [0.15, 0.2) is 23.8 Å². The van der Waals surface area contributed by atoms with E-state index in [4.69, 9.17) is 0 Å². The van der Waals surface area contributed by atoms with E-state index >= 15 is 0 Å². The molecule has 0 N–H and O–H groups in total. The number of carbonyl (C=O) groups is 2. The molecule has 2 fully saturated rings. The van der Waals surface area contributed by atoms with Gasteiger partial charge in [0.2, 0.25) is 0 Å². The summed E-state index contributed by atoms with van der Waals surface area (Å²) in [5, 5.41) is 0. The topological polar surface area (TPSA) is 34.1 Å². The van der Waals surface area contributed by atoms with E-state index in [0.717, 1.165) is 32.1 Å². The Balaban J connectivity index is 1.72. The minimum absolute atomic E-state index is 0.136. The van der Waals surface area contributed by atoms with Crippen molar-refractivity contribution in [1.82, 2.24) is 0 Å². The molecule has 4 aliphatic rings. The van der Waals surface area contributed by atoms with Gasteiger partial charge in [-0.3, -0.25) is 9.59 Å². The van der Waals surface area contributed by atoms with Crippen LogP contribution in [0.4, 0.5) is 0 Å². The highest BCUT2D eigenvalue weighted by Crippen LogP contribution is 2.63. The van der Waals surface area contributed by atoms with Crippen LogP contribution in [0.1, 0.15) is 52.4 Å². The van der Waals surface area contributed by atoms with Gasteiger partial charge in [0.1, 0.15) is 0 Å². The summed E-state index contributed by atoms with van der Waals surface area (Å²) in [5.74, 6) is 2.37. The zero-order valence-electron chi connectivity index (χ0n) is 13.0. The van der Waals surface area contributed by atoms with Crippen LogP contribution >= 0.6 is 0 Å². The summed E-state index contributed by atoms with van der Waals surface area (Å²) < 4.78 is 0. The molecule has 0 bridgehead atoms. The van der Waals surface area contributed by atoms with Gasteiger partial charge in [-0.1, -0.05) is 25.5 Å². The number of hydrogen-bond donors (Lipinski definition) is 0. The molecule has 0 radical (unpaired) electrons. The van der Waals surface area contributed by atoms with Crippen molar-refractivity contribution in [2.45, 2.75) is 52.4 Å². The fraction of sp³-hybridized carbons (Fsp3) is 0.684. The molecule has 4 rings (SSSR count). The van der Waals surface area contributed by atoms with Gasteiger partial charge in [-0.15, -0.1) is 0 Å². The van der Waals surface area contributed by atoms with Crippen molar-refractivity contribution in [3.63, 3.8) is 0 Å². The maximum atomic E-state index is 12.3. The maximum absolute atomic E-state index is 12.3. The lowest BCUT2D eigenvalue weighted by atomic mass is 9.47. The molecule has 5 atom stereocenters. The molecule has 0 aliphatic heterocycles. The van der Waals surface area contributed by atoms with Crippen LogP contribution in [0.2, 0.25) is 0 Å². The third kappa shape index (κ3) is 1.65. The molecular weight excluding hydrogens is 260 g/mol. The van der Waals surface area contributed by atoms with Gasteiger partial charge in [-0.05, 0) is 67.4 Å². The first-order valence-electron chi connectivity index (χ1n) is 8.42. The first kappa shape index (κ1) is 13.5. The van der Waals surface area contributed by atoms with Crippen LogP contribution < -0.4 is 0 Å². The molecular formula is C19H24O2. The minimum atomic E-state index is -0.136. The van der Waals surface area contributed by atoms with Gasteiger partial charge in [0.15, 0.2) is 11.6 Å². The molecule has 2 nitrogen and oxygen atoms in total. The summed E-state index contributed by atoms with van der Waals surface area (Å²) in [6.07, 6.45) is 12.1. The van der Waals surface area contributed by atoms with Crippen LogP contribution in [0.5, 0.6) is 0 Å². The summed E-state index contributed by atoms with van der Waals surface area (Å²) in [5.41, 5.74) is 1.47. The predicted molar refractivity (Wildman–Crippen MR) is 81.6 cm³/mol. The van der Waals surface area contributed by atoms with Gasteiger partial charge < -0.3 is 0 Å². The summed E-state index contributed by atoms with van der Waals surface area (Å²) in [6.45, 7) is 4.56. The molecule has 0 unspecified atom stereocenters. The lowest BCUT2D eigenvalue weighted by Gasteiger charge is -2.56. The molecule has 0 saturated heterocycles. The molecule has 0 amide bonds. The largest absolute Gasteiger partial charge is 0.295 e. The van der Waals surface area contributed by atoms with E-state index in [1.54, 1.807) is 0 Å². The minimum Gasteiger partial charge on any atom is -0.295 e.